The summed E-state index contributed by atoms with van der Waals surface area (Å²) in [6.07, 6.45) is 0.766. The Bertz CT molecular complexity index is 1430. The molecule has 5 rings (SSSR count). The number of aromatic nitrogens is 2. The number of rotatable bonds is 6. The van der Waals surface area contributed by atoms with E-state index >= 15 is 0 Å². The summed E-state index contributed by atoms with van der Waals surface area (Å²) in [7, 11) is -0.536. The molecule has 2 aliphatic rings. The minimum atomic E-state index is -1.99. The van der Waals surface area contributed by atoms with Gasteiger partial charge in [0.25, 0.3) is 11.9 Å². The molecule has 4 heterocycles. The van der Waals surface area contributed by atoms with E-state index in [1.54, 1.807) is 29.7 Å². The van der Waals surface area contributed by atoms with E-state index in [0.717, 1.165) is 16.5 Å². The number of nitrogens with zero attached hydrogens (tertiary/aromatic N) is 2. The lowest BCUT2D eigenvalue weighted by Crippen LogP contribution is -2.44. The number of aryl methyl sites for hydroxylation is 1. The highest BCUT2D eigenvalue weighted by molar-refractivity contribution is 7.39. The lowest BCUT2D eigenvalue weighted by molar-refractivity contribution is -0.172. The van der Waals surface area contributed by atoms with Crippen LogP contribution in [0.25, 0.3) is 22.3 Å². The second-order valence-corrected chi connectivity index (χ2v) is 9.50. The van der Waals surface area contributed by atoms with E-state index in [1.807, 2.05) is 13.0 Å². The van der Waals surface area contributed by atoms with Crippen molar-refractivity contribution in [2.45, 2.75) is 45.4 Å². The van der Waals surface area contributed by atoms with Crippen LogP contribution < -0.4 is 10.1 Å². The van der Waals surface area contributed by atoms with Gasteiger partial charge in [-0.2, -0.15) is 0 Å². The van der Waals surface area contributed by atoms with Crippen molar-refractivity contribution >= 4 is 24.9 Å². The molecule has 0 spiro atoms. The lowest BCUT2D eigenvalue weighted by Gasteiger charge is -2.31. The number of carbonyl (C=O) groups is 1. The number of pyridine rings is 2. The smallest absolute Gasteiger partial charge is 0.458 e. The molecule has 10 heteroatoms. The summed E-state index contributed by atoms with van der Waals surface area (Å²) in [6, 6.07) is 7.00. The number of methoxy groups -OCH3 is 1. The molecule has 34 heavy (non-hydrogen) atoms. The highest BCUT2D eigenvalue weighted by Gasteiger charge is 2.45. The number of benzene rings is 1. The molecule has 2 aromatic heterocycles. The molecule has 2 unspecified atom stereocenters. The third-order valence-corrected chi connectivity index (χ3v) is 7.46. The number of ether oxygens (including phenoxy) is 2. The maximum absolute atomic E-state index is 13.4. The summed E-state index contributed by atoms with van der Waals surface area (Å²) >= 11 is 0. The minimum Gasteiger partial charge on any atom is -0.458 e. The molecule has 176 valence electrons. The molecule has 2 atom stereocenters. The van der Waals surface area contributed by atoms with E-state index in [0.29, 0.717) is 46.7 Å². The fourth-order valence-electron chi connectivity index (χ4n) is 4.85. The lowest BCUT2D eigenvalue weighted by atomic mass is 9.86. The minimum absolute atomic E-state index is 0.00430. The monoisotopic (exact) mass is 483 g/mol. The first-order chi connectivity index (χ1) is 16.3. The topological polar surface area (TPSA) is 117 Å². The number of carbonyl (C=O) groups excluding carboxylic acids is 1. The Morgan fingerprint density at radius 2 is 2.03 bits per heavy atom. The zero-order chi connectivity index (χ0) is 24.2. The number of cyclic esters (lactones) is 1. The summed E-state index contributed by atoms with van der Waals surface area (Å²) in [5.41, 5.74) is 2.26. The van der Waals surface area contributed by atoms with Gasteiger partial charge in [0.05, 0.1) is 29.0 Å². The fraction of sp³-hybridized carbons (Fsp3) is 0.375. The second kappa shape index (κ2) is 8.27. The second-order valence-electron chi connectivity index (χ2n) is 8.39. The zero-order valence-electron chi connectivity index (χ0n) is 19.1. The fourth-order valence-corrected chi connectivity index (χ4v) is 5.46. The standard InChI is InChI=1S/C24H24N2O7P/c1-4-14-15-8-13(33-34(30)12-31-3)6-7-19(15)25-21-16(14)10-26-20(21)9-18-17(22(26)27)11-32-23(28)24(18,29)5-2/h6-9,29H,4-5,10-12H2,1-3H3/q+1. The molecule has 0 saturated heterocycles. The summed E-state index contributed by atoms with van der Waals surface area (Å²) in [5, 5.41) is 11.9. The SMILES string of the molecule is CCc1c2c(nc3ccc(O[P+](=O)COC)cc13)-c1cc3c(c(=O)n1C2)COC(=O)C3(O)CC. The molecular weight excluding hydrogens is 459 g/mol. The molecule has 0 bridgehead atoms. The quantitative estimate of drug-likeness (QED) is 0.328. The number of hydrogen-bond donors (Lipinski definition) is 1. The van der Waals surface area contributed by atoms with Gasteiger partial charge in [0.1, 0.15) is 6.61 Å². The first kappa shape index (κ1) is 22.7. The average molecular weight is 483 g/mol. The van der Waals surface area contributed by atoms with Crippen molar-refractivity contribution in [3.63, 3.8) is 0 Å². The Labute approximate surface area is 196 Å². The molecule has 2 aliphatic heterocycles. The Morgan fingerprint density at radius 3 is 2.74 bits per heavy atom. The highest BCUT2D eigenvalue weighted by atomic mass is 31.1. The predicted molar refractivity (Wildman–Crippen MR) is 124 cm³/mol. The van der Waals surface area contributed by atoms with Crippen LogP contribution in [-0.2, 0) is 44.0 Å². The van der Waals surface area contributed by atoms with Gasteiger partial charge in [-0.1, -0.05) is 13.8 Å². The van der Waals surface area contributed by atoms with Crippen LogP contribution in [0.1, 0.15) is 42.5 Å². The van der Waals surface area contributed by atoms with Gasteiger partial charge >= 0.3 is 14.0 Å². The molecule has 1 N–H and O–H groups in total. The van der Waals surface area contributed by atoms with Gasteiger partial charge in [-0.25, -0.2) is 9.78 Å². The number of esters is 1. The van der Waals surface area contributed by atoms with Gasteiger partial charge in [0.15, 0.2) is 11.4 Å². The Kier molecular flexibility index (Phi) is 5.51. The van der Waals surface area contributed by atoms with Crippen LogP contribution in [0, 0.1) is 0 Å². The van der Waals surface area contributed by atoms with Crippen molar-refractivity contribution in [3.8, 4) is 17.1 Å². The normalized spacial score (nSPS) is 18.8. The van der Waals surface area contributed by atoms with Gasteiger partial charge in [0.2, 0.25) is 0 Å². The van der Waals surface area contributed by atoms with Crippen LogP contribution in [-0.4, -0.2) is 34.1 Å². The van der Waals surface area contributed by atoms with Gasteiger partial charge in [0, 0.05) is 23.6 Å². The Hall–Kier alpha value is -3.13. The van der Waals surface area contributed by atoms with Crippen molar-refractivity contribution < 1.29 is 28.5 Å². The van der Waals surface area contributed by atoms with E-state index in [1.165, 1.54) is 7.11 Å². The highest BCUT2D eigenvalue weighted by Crippen LogP contribution is 2.41. The summed E-state index contributed by atoms with van der Waals surface area (Å²) in [5.74, 6) is -0.293. The average Bonchev–Trinajstić information content (AvgIpc) is 3.19. The maximum atomic E-state index is 13.4. The van der Waals surface area contributed by atoms with Crippen molar-refractivity contribution in [2.75, 3.05) is 13.5 Å². The van der Waals surface area contributed by atoms with E-state index < -0.39 is 19.6 Å². The largest absolute Gasteiger partial charge is 0.585 e. The molecule has 0 radical (unpaired) electrons. The van der Waals surface area contributed by atoms with Crippen molar-refractivity contribution in [1.29, 1.82) is 0 Å². The number of hydrogen-bond acceptors (Lipinski definition) is 8. The van der Waals surface area contributed by atoms with Crippen LogP contribution in [0.2, 0.25) is 0 Å². The van der Waals surface area contributed by atoms with Gasteiger partial charge in [-0.15, -0.1) is 0 Å². The predicted octanol–water partition coefficient (Wildman–Crippen LogP) is 3.37. The summed E-state index contributed by atoms with van der Waals surface area (Å²) < 4.78 is 29.1. The van der Waals surface area contributed by atoms with E-state index in [-0.39, 0.29) is 24.9 Å². The molecule has 0 aliphatic carbocycles. The number of aliphatic hydroxyl groups is 1. The molecular formula is C24H24N2O7P+. The molecule has 0 amide bonds. The number of fused-ring (bicyclic) bond motifs is 5. The van der Waals surface area contributed by atoms with E-state index in [4.69, 9.17) is 19.0 Å². The summed E-state index contributed by atoms with van der Waals surface area (Å²) in [4.78, 5) is 30.6. The van der Waals surface area contributed by atoms with Crippen LogP contribution in [0.3, 0.4) is 0 Å². The zero-order valence-corrected chi connectivity index (χ0v) is 20.0. The maximum Gasteiger partial charge on any atom is 0.585 e. The molecule has 0 fully saturated rings. The third-order valence-electron chi connectivity index (χ3n) is 6.57. The van der Waals surface area contributed by atoms with Gasteiger partial charge < -0.3 is 19.1 Å². The van der Waals surface area contributed by atoms with Crippen molar-refractivity contribution in [2.24, 2.45) is 0 Å². The molecule has 0 saturated carbocycles. The molecule has 1 aromatic carbocycles. The first-order valence-corrected chi connectivity index (χ1v) is 12.4. The van der Waals surface area contributed by atoms with Crippen LogP contribution in [0.5, 0.6) is 5.75 Å². The van der Waals surface area contributed by atoms with Crippen LogP contribution >= 0.6 is 8.03 Å². The Balaban J connectivity index is 1.69. The molecule has 9 nitrogen and oxygen atoms in total. The Morgan fingerprint density at radius 1 is 1.24 bits per heavy atom. The van der Waals surface area contributed by atoms with E-state index in [2.05, 4.69) is 0 Å². The van der Waals surface area contributed by atoms with E-state index in [9.17, 15) is 19.3 Å². The van der Waals surface area contributed by atoms with Crippen molar-refractivity contribution in [3.05, 3.63) is 56.9 Å². The first-order valence-electron chi connectivity index (χ1n) is 11.1. The van der Waals surface area contributed by atoms with Crippen LogP contribution in [0.4, 0.5) is 0 Å². The van der Waals surface area contributed by atoms with Crippen molar-refractivity contribution in [1.82, 2.24) is 9.55 Å². The summed E-state index contributed by atoms with van der Waals surface area (Å²) in [6.45, 7) is 3.86. The third kappa shape index (κ3) is 3.27. The van der Waals surface area contributed by atoms with Gasteiger partial charge in [-0.3, -0.25) is 9.32 Å². The van der Waals surface area contributed by atoms with Crippen LogP contribution in [0.15, 0.2) is 29.1 Å². The van der Waals surface area contributed by atoms with Gasteiger partial charge in [-0.05, 0) is 47.2 Å². The molecule has 3 aromatic rings.